The lowest BCUT2D eigenvalue weighted by molar-refractivity contribution is 0.122. The standard InChI is InChI=1S/C15H16ClF2N5O/c16-15-21-13(19-4-3-11-2-1-10(17)9-20-11)12(18)14(22-15)23-5-7-24-8-6-23/h1-2,9H,3-8H2,(H,19,21,22). The van der Waals surface area contributed by atoms with Gasteiger partial charge in [0.1, 0.15) is 5.82 Å². The van der Waals surface area contributed by atoms with Gasteiger partial charge in [-0.15, -0.1) is 0 Å². The van der Waals surface area contributed by atoms with Gasteiger partial charge in [-0.05, 0) is 23.7 Å². The SMILES string of the molecule is Fc1ccc(CCNc2nc(Cl)nc(N3CCOCC3)c2F)nc1. The van der Waals surface area contributed by atoms with Crippen LogP contribution in [-0.4, -0.2) is 47.8 Å². The van der Waals surface area contributed by atoms with Crippen LogP contribution in [0.5, 0.6) is 0 Å². The fourth-order valence-electron chi connectivity index (χ4n) is 2.37. The summed E-state index contributed by atoms with van der Waals surface area (Å²) in [5.74, 6) is -0.733. The minimum absolute atomic E-state index is 0.0275. The van der Waals surface area contributed by atoms with E-state index in [-0.39, 0.29) is 16.9 Å². The van der Waals surface area contributed by atoms with E-state index in [9.17, 15) is 8.78 Å². The minimum Gasteiger partial charge on any atom is -0.378 e. The summed E-state index contributed by atoms with van der Waals surface area (Å²) in [6.07, 6.45) is 1.64. The molecule has 0 saturated carbocycles. The Bertz CT molecular complexity index is 695. The number of halogens is 3. The van der Waals surface area contributed by atoms with Crippen LogP contribution >= 0.6 is 11.6 Å². The Kier molecular flexibility index (Phi) is 5.37. The number of anilines is 2. The average molecular weight is 356 g/mol. The molecule has 1 N–H and O–H groups in total. The van der Waals surface area contributed by atoms with Gasteiger partial charge in [-0.25, -0.2) is 4.39 Å². The van der Waals surface area contributed by atoms with E-state index in [0.717, 1.165) is 6.20 Å². The molecule has 1 saturated heterocycles. The van der Waals surface area contributed by atoms with E-state index in [0.29, 0.717) is 45.0 Å². The first-order valence-corrected chi connectivity index (χ1v) is 7.91. The zero-order chi connectivity index (χ0) is 16.9. The van der Waals surface area contributed by atoms with Gasteiger partial charge in [0.25, 0.3) is 0 Å². The molecule has 2 aromatic rings. The van der Waals surface area contributed by atoms with Crippen molar-refractivity contribution in [3.05, 3.63) is 40.9 Å². The number of hydrogen-bond acceptors (Lipinski definition) is 6. The van der Waals surface area contributed by atoms with Gasteiger partial charge in [-0.3, -0.25) is 4.98 Å². The van der Waals surface area contributed by atoms with Crippen LogP contribution in [0.3, 0.4) is 0 Å². The average Bonchev–Trinajstić information content (AvgIpc) is 2.60. The van der Waals surface area contributed by atoms with Gasteiger partial charge >= 0.3 is 0 Å². The molecule has 0 spiro atoms. The largest absolute Gasteiger partial charge is 0.378 e. The Morgan fingerprint density at radius 3 is 2.71 bits per heavy atom. The van der Waals surface area contributed by atoms with E-state index in [2.05, 4.69) is 20.3 Å². The van der Waals surface area contributed by atoms with E-state index in [4.69, 9.17) is 16.3 Å². The molecule has 0 amide bonds. The van der Waals surface area contributed by atoms with Gasteiger partial charge in [0, 0.05) is 31.7 Å². The molecule has 0 unspecified atom stereocenters. The second-order valence-corrected chi connectivity index (χ2v) is 5.56. The van der Waals surface area contributed by atoms with Crippen molar-refractivity contribution >= 4 is 23.2 Å². The predicted molar refractivity (Wildman–Crippen MR) is 86.4 cm³/mol. The molecular weight excluding hydrogens is 340 g/mol. The summed E-state index contributed by atoms with van der Waals surface area (Å²) in [5.41, 5.74) is 0.692. The summed E-state index contributed by atoms with van der Waals surface area (Å²) in [7, 11) is 0. The molecule has 1 aliphatic heterocycles. The van der Waals surface area contributed by atoms with Gasteiger partial charge in [-0.1, -0.05) is 0 Å². The predicted octanol–water partition coefficient (Wildman–Crippen LogP) is 2.29. The molecule has 1 fully saturated rings. The van der Waals surface area contributed by atoms with E-state index in [1.165, 1.54) is 6.07 Å². The number of morpholine rings is 1. The Hall–Kier alpha value is -2.06. The Labute approximate surface area is 142 Å². The topological polar surface area (TPSA) is 63.2 Å². The van der Waals surface area contributed by atoms with E-state index < -0.39 is 11.6 Å². The first kappa shape index (κ1) is 16.8. The summed E-state index contributed by atoms with van der Waals surface area (Å²) in [6, 6.07) is 2.92. The van der Waals surface area contributed by atoms with Crippen LogP contribution in [0.2, 0.25) is 5.28 Å². The van der Waals surface area contributed by atoms with Crippen molar-refractivity contribution in [2.75, 3.05) is 43.1 Å². The third kappa shape index (κ3) is 4.07. The molecular formula is C15H16ClF2N5O. The summed E-state index contributed by atoms with van der Waals surface area (Å²) in [4.78, 5) is 13.6. The molecule has 0 radical (unpaired) electrons. The number of hydrogen-bond donors (Lipinski definition) is 1. The van der Waals surface area contributed by atoms with Crippen molar-refractivity contribution in [2.24, 2.45) is 0 Å². The molecule has 24 heavy (non-hydrogen) atoms. The Morgan fingerprint density at radius 2 is 2.00 bits per heavy atom. The maximum absolute atomic E-state index is 14.6. The Morgan fingerprint density at radius 1 is 1.21 bits per heavy atom. The van der Waals surface area contributed by atoms with Gasteiger partial charge < -0.3 is 15.0 Å². The number of ether oxygens (including phenoxy) is 1. The van der Waals surface area contributed by atoms with Crippen LogP contribution in [-0.2, 0) is 11.2 Å². The molecule has 0 atom stereocenters. The van der Waals surface area contributed by atoms with Crippen LogP contribution in [0.4, 0.5) is 20.4 Å². The van der Waals surface area contributed by atoms with Gasteiger partial charge in [0.2, 0.25) is 11.1 Å². The number of nitrogens with zero attached hydrogens (tertiary/aromatic N) is 4. The first-order valence-electron chi connectivity index (χ1n) is 7.53. The second-order valence-electron chi connectivity index (χ2n) is 5.22. The maximum atomic E-state index is 14.6. The summed E-state index contributed by atoms with van der Waals surface area (Å²) in [5, 5.41) is 2.87. The van der Waals surface area contributed by atoms with Crippen molar-refractivity contribution in [2.45, 2.75) is 6.42 Å². The normalized spacial score (nSPS) is 14.7. The van der Waals surface area contributed by atoms with Crippen molar-refractivity contribution < 1.29 is 13.5 Å². The van der Waals surface area contributed by atoms with Crippen LogP contribution in [0.25, 0.3) is 0 Å². The smallest absolute Gasteiger partial charge is 0.226 e. The fourth-order valence-corrected chi connectivity index (χ4v) is 2.54. The van der Waals surface area contributed by atoms with Gasteiger partial charge in [0.05, 0.1) is 19.4 Å². The van der Waals surface area contributed by atoms with Crippen molar-refractivity contribution in [1.82, 2.24) is 15.0 Å². The van der Waals surface area contributed by atoms with E-state index >= 15 is 0 Å². The van der Waals surface area contributed by atoms with E-state index in [1.807, 2.05) is 0 Å². The van der Waals surface area contributed by atoms with Crippen LogP contribution < -0.4 is 10.2 Å². The van der Waals surface area contributed by atoms with Crippen LogP contribution in [0.1, 0.15) is 5.69 Å². The number of pyridine rings is 1. The zero-order valence-electron chi connectivity index (χ0n) is 12.8. The van der Waals surface area contributed by atoms with Crippen molar-refractivity contribution in [3.63, 3.8) is 0 Å². The quantitative estimate of drug-likeness (QED) is 0.830. The first-order chi connectivity index (χ1) is 11.6. The number of aromatic nitrogens is 3. The molecule has 0 bridgehead atoms. The van der Waals surface area contributed by atoms with Gasteiger partial charge in [0.15, 0.2) is 11.6 Å². The zero-order valence-corrected chi connectivity index (χ0v) is 13.6. The molecule has 1 aliphatic rings. The Balaban J connectivity index is 1.68. The highest BCUT2D eigenvalue weighted by Crippen LogP contribution is 2.25. The molecule has 3 heterocycles. The second kappa shape index (κ2) is 7.67. The van der Waals surface area contributed by atoms with E-state index in [1.54, 1.807) is 11.0 Å². The number of nitrogens with one attached hydrogen (secondary N) is 1. The molecule has 2 aromatic heterocycles. The summed E-state index contributed by atoms with van der Waals surface area (Å²) < 4.78 is 32.7. The highest BCUT2D eigenvalue weighted by molar-refractivity contribution is 6.28. The highest BCUT2D eigenvalue weighted by Gasteiger charge is 2.21. The fraction of sp³-hybridized carbons (Fsp3) is 0.400. The van der Waals surface area contributed by atoms with Crippen LogP contribution in [0.15, 0.2) is 18.3 Å². The van der Waals surface area contributed by atoms with Gasteiger partial charge in [-0.2, -0.15) is 14.4 Å². The summed E-state index contributed by atoms with van der Waals surface area (Å²) >= 11 is 5.91. The minimum atomic E-state index is -0.548. The van der Waals surface area contributed by atoms with Crippen molar-refractivity contribution in [1.29, 1.82) is 0 Å². The van der Waals surface area contributed by atoms with Crippen molar-refractivity contribution in [3.8, 4) is 0 Å². The molecule has 3 rings (SSSR count). The highest BCUT2D eigenvalue weighted by atomic mass is 35.5. The lowest BCUT2D eigenvalue weighted by Gasteiger charge is -2.28. The molecule has 128 valence electrons. The lowest BCUT2D eigenvalue weighted by atomic mass is 10.2. The van der Waals surface area contributed by atoms with Crippen LogP contribution in [0, 0.1) is 11.6 Å². The maximum Gasteiger partial charge on any atom is 0.226 e. The summed E-state index contributed by atoms with van der Waals surface area (Å²) in [6.45, 7) is 2.50. The molecule has 0 aliphatic carbocycles. The number of rotatable bonds is 5. The monoisotopic (exact) mass is 355 g/mol. The molecule has 6 nitrogen and oxygen atoms in total. The third-order valence-electron chi connectivity index (χ3n) is 3.58. The molecule has 0 aromatic carbocycles. The lowest BCUT2D eigenvalue weighted by Crippen LogP contribution is -2.37. The third-order valence-corrected chi connectivity index (χ3v) is 3.75. The molecule has 9 heteroatoms.